The van der Waals surface area contributed by atoms with Gasteiger partial charge in [0.1, 0.15) is 5.82 Å². The van der Waals surface area contributed by atoms with Crippen LogP contribution in [0.3, 0.4) is 0 Å². The minimum absolute atomic E-state index is 0.145. The highest BCUT2D eigenvalue weighted by molar-refractivity contribution is 5.28. The number of aryl methyl sites for hydroxylation is 2. The molecule has 1 N–H and O–H groups in total. The molecule has 2 rings (SSSR count). The van der Waals surface area contributed by atoms with Crippen molar-refractivity contribution in [3.05, 3.63) is 64.7 Å². The Morgan fingerprint density at radius 3 is 2.47 bits per heavy atom. The molecule has 0 radical (unpaired) electrons. The average molecular weight is 258 g/mol. The maximum Gasteiger partial charge on any atom is 0.123 e. The molecule has 1 aromatic heterocycles. The first-order chi connectivity index (χ1) is 9.10. The zero-order valence-corrected chi connectivity index (χ0v) is 11.6. The normalized spacial score (nSPS) is 12.4. The lowest BCUT2D eigenvalue weighted by Crippen LogP contribution is -2.21. The molecule has 1 heterocycles. The number of nitrogens with zero attached hydrogens (tertiary/aromatic N) is 1. The molecule has 0 aliphatic carbocycles. The van der Waals surface area contributed by atoms with Crippen LogP contribution in [0.1, 0.15) is 28.4 Å². The van der Waals surface area contributed by atoms with Crippen LogP contribution in [0.4, 0.5) is 4.39 Å². The lowest BCUT2D eigenvalue weighted by atomic mass is 9.99. The van der Waals surface area contributed by atoms with Crippen molar-refractivity contribution in [2.45, 2.75) is 26.3 Å². The number of rotatable bonds is 4. The summed E-state index contributed by atoms with van der Waals surface area (Å²) in [5.41, 5.74) is 4.50. The number of pyridine rings is 1. The number of halogens is 1. The number of hydrogen-bond acceptors (Lipinski definition) is 2. The van der Waals surface area contributed by atoms with Gasteiger partial charge in [-0.1, -0.05) is 18.2 Å². The van der Waals surface area contributed by atoms with Crippen molar-refractivity contribution in [1.82, 2.24) is 10.3 Å². The van der Waals surface area contributed by atoms with Crippen molar-refractivity contribution in [3.63, 3.8) is 0 Å². The second kappa shape index (κ2) is 5.93. The second-order valence-corrected chi connectivity index (χ2v) is 4.89. The molecule has 0 fully saturated rings. The summed E-state index contributed by atoms with van der Waals surface area (Å²) in [6.45, 7) is 4.11. The van der Waals surface area contributed by atoms with Gasteiger partial charge in [-0.25, -0.2) is 4.39 Å². The van der Waals surface area contributed by atoms with Gasteiger partial charge in [-0.05, 0) is 56.1 Å². The van der Waals surface area contributed by atoms with Crippen LogP contribution in [0.25, 0.3) is 0 Å². The maximum atomic E-state index is 12.9. The fourth-order valence-corrected chi connectivity index (χ4v) is 2.28. The number of likely N-dealkylation sites (N-methyl/N-ethyl adjacent to an activating group) is 1. The van der Waals surface area contributed by atoms with E-state index in [1.54, 1.807) is 0 Å². The van der Waals surface area contributed by atoms with Crippen LogP contribution in [0, 0.1) is 19.7 Å². The first kappa shape index (κ1) is 13.7. The Balaban J connectivity index is 2.22. The highest BCUT2D eigenvalue weighted by Crippen LogP contribution is 2.20. The van der Waals surface area contributed by atoms with Gasteiger partial charge >= 0.3 is 0 Å². The molecule has 0 spiro atoms. The Bertz CT molecular complexity index is 549. The molecular weight excluding hydrogens is 239 g/mol. The van der Waals surface area contributed by atoms with E-state index < -0.39 is 0 Å². The Labute approximate surface area is 113 Å². The monoisotopic (exact) mass is 258 g/mol. The van der Waals surface area contributed by atoms with Gasteiger partial charge in [-0.2, -0.15) is 0 Å². The van der Waals surface area contributed by atoms with Gasteiger partial charge in [0.2, 0.25) is 0 Å². The highest BCUT2D eigenvalue weighted by Gasteiger charge is 2.14. The Morgan fingerprint density at radius 2 is 1.89 bits per heavy atom. The largest absolute Gasteiger partial charge is 0.311 e. The van der Waals surface area contributed by atoms with Gasteiger partial charge in [0.25, 0.3) is 0 Å². The third kappa shape index (κ3) is 3.38. The summed E-state index contributed by atoms with van der Waals surface area (Å²) in [6.07, 6.45) is 2.69. The summed E-state index contributed by atoms with van der Waals surface area (Å²) in [7, 11) is 1.93. The molecular formula is C16H19FN2. The van der Waals surface area contributed by atoms with Crippen molar-refractivity contribution in [3.8, 4) is 0 Å². The molecule has 100 valence electrons. The molecule has 0 saturated heterocycles. The van der Waals surface area contributed by atoms with Crippen LogP contribution < -0.4 is 5.32 Å². The van der Waals surface area contributed by atoms with Crippen molar-refractivity contribution in [1.29, 1.82) is 0 Å². The van der Waals surface area contributed by atoms with E-state index in [2.05, 4.69) is 23.3 Å². The fourth-order valence-electron chi connectivity index (χ4n) is 2.28. The van der Waals surface area contributed by atoms with Crippen LogP contribution in [-0.4, -0.2) is 12.0 Å². The van der Waals surface area contributed by atoms with E-state index in [0.717, 1.165) is 23.2 Å². The van der Waals surface area contributed by atoms with Crippen LogP contribution in [0.15, 0.2) is 36.5 Å². The van der Waals surface area contributed by atoms with E-state index in [0.29, 0.717) is 0 Å². The number of hydrogen-bond donors (Lipinski definition) is 1. The maximum absolute atomic E-state index is 12.9. The molecule has 0 aliphatic heterocycles. The standard InChI is InChI=1S/C16H19FN2/c1-11-8-12(2)16(19-10-11)15(18-3)9-13-4-6-14(17)7-5-13/h4-8,10,15,18H,9H2,1-3H3. The molecule has 1 aromatic carbocycles. The van der Waals surface area contributed by atoms with Crippen LogP contribution in [0.5, 0.6) is 0 Å². The molecule has 2 nitrogen and oxygen atoms in total. The minimum atomic E-state index is -0.200. The average Bonchev–Trinajstić information content (AvgIpc) is 2.39. The van der Waals surface area contributed by atoms with Gasteiger partial charge in [0.05, 0.1) is 11.7 Å². The topological polar surface area (TPSA) is 24.9 Å². The quantitative estimate of drug-likeness (QED) is 0.909. The van der Waals surface area contributed by atoms with E-state index >= 15 is 0 Å². The van der Waals surface area contributed by atoms with E-state index in [-0.39, 0.29) is 11.9 Å². The van der Waals surface area contributed by atoms with Crippen LogP contribution >= 0.6 is 0 Å². The number of benzene rings is 1. The number of aromatic nitrogens is 1. The molecule has 1 atom stereocenters. The third-order valence-electron chi connectivity index (χ3n) is 3.29. The molecule has 0 bridgehead atoms. The first-order valence-corrected chi connectivity index (χ1v) is 6.45. The van der Waals surface area contributed by atoms with Gasteiger partial charge in [0.15, 0.2) is 0 Å². The summed E-state index contributed by atoms with van der Waals surface area (Å²) >= 11 is 0. The fraction of sp³-hybridized carbons (Fsp3) is 0.312. The SMILES string of the molecule is CNC(Cc1ccc(F)cc1)c1ncc(C)cc1C. The van der Waals surface area contributed by atoms with E-state index in [4.69, 9.17) is 0 Å². The summed E-state index contributed by atoms with van der Waals surface area (Å²) in [6, 6.07) is 8.92. The summed E-state index contributed by atoms with van der Waals surface area (Å²) in [5, 5.41) is 3.29. The predicted molar refractivity (Wildman–Crippen MR) is 75.6 cm³/mol. The van der Waals surface area contributed by atoms with E-state index in [9.17, 15) is 4.39 Å². The van der Waals surface area contributed by atoms with Crippen molar-refractivity contribution >= 4 is 0 Å². The molecule has 19 heavy (non-hydrogen) atoms. The molecule has 0 saturated carbocycles. The lowest BCUT2D eigenvalue weighted by Gasteiger charge is -2.18. The Morgan fingerprint density at radius 1 is 1.21 bits per heavy atom. The molecule has 0 aliphatic rings. The van der Waals surface area contributed by atoms with Gasteiger partial charge in [0, 0.05) is 6.20 Å². The smallest absolute Gasteiger partial charge is 0.123 e. The number of nitrogens with one attached hydrogen (secondary N) is 1. The molecule has 1 unspecified atom stereocenters. The van der Waals surface area contributed by atoms with Crippen molar-refractivity contribution in [2.24, 2.45) is 0 Å². The zero-order valence-electron chi connectivity index (χ0n) is 11.6. The molecule has 3 heteroatoms. The first-order valence-electron chi connectivity index (χ1n) is 6.45. The van der Waals surface area contributed by atoms with Crippen molar-refractivity contribution < 1.29 is 4.39 Å². The summed E-state index contributed by atoms with van der Waals surface area (Å²) < 4.78 is 12.9. The lowest BCUT2D eigenvalue weighted by molar-refractivity contribution is 0.570. The van der Waals surface area contributed by atoms with Crippen LogP contribution in [-0.2, 0) is 6.42 Å². The van der Waals surface area contributed by atoms with E-state index in [1.165, 1.54) is 17.7 Å². The van der Waals surface area contributed by atoms with Crippen molar-refractivity contribution in [2.75, 3.05) is 7.05 Å². The predicted octanol–water partition coefficient (Wildman–Crippen LogP) is 3.34. The Kier molecular flexibility index (Phi) is 4.27. The van der Waals surface area contributed by atoms with Gasteiger partial charge in [-0.3, -0.25) is 4.98 Å². The molecule has 0 amide bonds. The molecule has 2 aromatic rings. The second-order valence-electron chi connectivity index (χ2n) is 4.89. The summed E-state index contributed by atoms with van der Waals surface area (Å²) in [4.78, 5) is 4.53. The third-order valence-corrected chi connectivity index (χ3v) is 3.29. The van der Waals surface area contributed by atoms with Crippen LogP contribution in [0.2, 0.25) is 0 Å². The van der Waals surface area contributed by atoms with Gasteiger partial charge in [-0.15, -0.1) is 0 Å². The Hall–Kier alpha value is -1.74. The van der Waals surface area contributed by atoms with E-state index in [1.807, 2.05) is 32.3 Å². The van der Waals surface area contributed by atoms with Gasteiger partial charge < -0.3 is 5.32 Å². The zero-order chi connectivity index (χ0) is 13.8. The highest BCUT2D eigenvalue weighted by atomic mass is 19.1. The summed E-state index contributed by atoms with van der Waals surface area (Å²) in [5.74, 6) is -0.200. The minimum Gasteiger partial charge on any atom is -0.311 e.